The van der Waals surface area contributed by atoms with Gasteiger partial charge in [-0.2, -0.15) is 21.0 Å². The number of thiophene rings is 4. The van der Waals surface area contributed by atoms with Crippen molar-refractivity contribution in [3.63, 3.8) is 0 Å². The molecule has 11 rings (SSSR count). The molecule has 3 aliphatic rings. The largest absolute Gasteiger partial charge is 0.459 e. The average molecular weight is 969 g/mol. The number of rotatable bonds is 8. The third-order valence-electron chi connectivity index (χ3n) is 11.9. The summed E-state index contributed by atoms with van der Waals surface area (Å²) in [5.41, 5.74) is 0.795. The summed E-state index contributed by atoms with van der Waals surface area (Å²) < 4.78 is 15.1. The Hall–Kier alpha value is -8.74. The molecule has 0 unspecified atom stereocenters. The number of ether oxygens (including phenoxy) is 2. The molecule has 16 heteroatoms. The highest BCUT2D eigenvalue weighted by molar-refractivity contribution is 7.41. The second kappa shape index (κ2) is 16.8. The van der Waals surface area contributed by atoms with Crippen molar-refractivity contribution in [1.29, 1.82) is 21.0 Å². The van der Waals surface area contributed by atoms with E-state index in [2.05, 4.69) is 0 Å². The summed E-state index contributed by atoms with van der Waals surface area (Å²) in [5, 5.41) is 40.4. The van der Waals surface area contributed by atoms with E-state index in [-0.39, 0.29) is 63.1 Å². The van der Waals surface area contributed by atoms with Crippen LogP contribution in [0.1, 0.15) is 54.1 Å². The maximum absolute atomic E-state index is 15.3. The number of esters is 2. The Morgan fingerprint density at radius 3 is 1.48 bits per heavy atom. The van der Waals surface area contributed by atoms with Crippen LogP contribution in [-0.4, -0.2) is 34.9 Å². The van der Waals surface area contributed by atoms with Crippen molar-refractivity contribution in [2.75, 3.05) is 0 Å². The Morgan fingerprint density at radius 1 is 0.522 bits per heavy atom. The number of nitriles is 4. The monoisotopic (exact) mass is 968 g/mol. The van der Waals surface area contributed by atoms with Crippen LogP contribution >= 0.6 is 45.3 Å². The minimum Gasteiger partial charge on any atom is -0.459 e. The molecule has 0 N–H and O–H groups in total. The molecule has 4 aromatic heterocycles. The maximum atomic E-state index is 15.3. The van der Waals surface area contributed by atoms with Gasteiger partial charge in [0.1, 0.15) is 70.1 Å². The van der Waals surface area contributed by atoms with Gasteiger partial charge < -0.3 is 9.47 Å². The van der Waals surface area contributed by atoms with Crippen molar-refractivity contribution in [3.05, 3.63) is 177 Å². The normalized spacial score (nSPS) is 15.0. The summed E-state index contributed by atoms with van der Waals surface area (Å²) in [6.07, 6.45) is 0. The topological polar surface area (TPSA) is 207 Å². The molecule has 0 amide bonds. The zero-order valence-corrected chi connectivity index (χ0v) is 38.5. The van der Waals surface area contributed by atoms with Gasteiger partial charge in [-0.05, 0) is 34.4 Å². The van der Waals surface area contributed by atoms with Gasteiger partial charge in [0, 0.05) is 38.1 Å². The summed E-state index contributed by atoms with van der Waals surface area (Å²) >= 11 is 5.08. The molecule has 0 bridgehead atoms. The van der Waals surface area contributed by atoms with Crippen molar-refractivity contribution in [1.82, 2.24) is 0 Å². The number of Topliss-reactive ketones (excluding diaryl/α,β-unsaturated/α-hetero) is 2. The van der Waals surface area contributed by atoms with Gasteiger partial charge in [-0.3, -0.25) is 19.2 Å². The van der Waals surface area contributed by atoms with Crippen molar-refractivity contribution >= 4 is 120 Å². The van der Waals surface area contributed by atoms with E-state index in [1.165, 1.54) is 34.0 Å². The first-order valence-corrected chi connectivity index (χ1v) is 24.1. The van der Waals surface area contributed by atoms with Crippen molar-refractivity contribution in [2.24, 2.45) is 9.98 Å². The van der Waals surface area contributed by atoms with Gasteiger partial charge in [0.25, 0.3) is 0 Å². The molecule has 8 aromatic rings. The first kappa shape index (κ1) is 42.9. The minimum atomic E-state index is -2.20. The molecule has 0 aliphatic heterocycles. The van der Waals surface area contributed by atoms with Gasteiger partial charge in [0.15, 0.2) is 0 Å². The molecular weight excluding hydrogens is 945 g/mol. The fourth-order valence-electron chi connectivity index (χ4n) is 8.86. The highest BCUT2D eigenvalue weighted by atomic mass is 32.1. The van der Waals surface area contributed by atoms with E-state index in [0.717, 1.165) is 25.4 Å². The first-order valence-electron chi connectivity index (χ1n) is 20.8. The third-order valence-corrected chi connectivity index (χ3v) is 16.9. The quantitative estimate of drug-likeness (QED) is 0.0799. The summed E-state index contributed by atoms with van der Waals surface area (Å²) in [4.78, 5) is 69.0. The highest BCUT2D eigenvalue weighted by Crippen LogP contribution is 2.63. The molecular formula is C53H24N6O6S4. The molecule has 3 aliphatic carbocycles. The zero-order valence-electron chi connectivity index (χ0n) is 35.2. The van der Waals surface area contributed by atoms with Crippen LogP contribution < -0.4 is 0 Å². The van der Waals surface area contributed by atoms with E-state index in [9.17, 15) is 30.6 Å². The summed E-state index contributed by atoms with van der Waals surface area (Å²) in [5.74, 6) is -2.70. The molecule has 0 saturated carbocycles. The molecule has 0 fully saturated rings. The summed E-state index contributed by atoms with van der Waals surface area (Å²) in [6, 6.07) is 42.5. The van der Waals surface area contributed by atoms with E-state index < -0.39 is 28.9 Å². The number of carbonyl (C=O) groups is 4. The van der Waals surface area contributed by atoms with Crippen LogP contribution in [0.5, 0.6) is 0 Å². The lowest BCUT2D eigenvalue weighted by Gasteiger charge is -2.26. The number of hydrogen-bond donors (Lipinski definition) is 0. The van der Waals surface area contributed by atoms with Gasteiger partial charge >= 0.3 is 11.9 Å². The Bertz CT molecular complexity index is 3850. The first-order chi connectivity index (χ1) is 33.7. The highest BCUT2D eigenvalue weighted by Gasteiger charge is 2.61. The van der Waals surface area contributed by atoms with E-state index in [1.54, 1.807) is 84.9 Å². The number of aliphatic imine (C=N–C) groups is 2. The standard InChI is InChI=1S/C53H24N6O6S4/c54-21-29(22-55)39-31-15-7-9-17-33(31)44(60)42(39)58-37-19-35-46(67-37)48-41(53(35,51(62)64-25-27-11-3-1-4-12-27)52(63)65-26-28-13-5-2-6-14-28)49-50(69-48)47-36(66-49)20-38(68-47)59-43-40(30(23-56)24-57)32-16-8-10-18-34(32)45(43)61/h1-20H,25-26H2/b58-42-,59-43+. The molecule has 4 aromatic carbocycles. The van der Waals surface area contributed by atoms with Crippen LogP contribution in [0.15, 0.2) is 142 Å². The molecule has 69 heavy (non-hydrogen) atoms. The molecule has 326 valence electrons. The number of benzene rings is 4. The minimum absolute atomic E-state index is 0.0228. The van der Waals surface area contributed by atoms with Crippen LogP contribution in [0.2, 0.25) is 0 Å². The second-order valence-corrected chi connectivity index (χ2v) is 19.8. The van der Waals surface area contributed by atoms with Crippen LogP contribution in [0.25, 0.3) is 39.7 Å². The van der Waals surface area contributed by atoms with E-state index in [1.807, 2.05) is 60.7 Å². The Labute approximate surface area is 407 Å². The van der Waals surface area contributed by atoms with Gasteiger partial charge in [-0.15, -0.1) is 45.3 Å². The molecule has 4 heterocycles. The van der Waals surface area contributed by atoms with Crippen LogP contribution in [0, 0.1) is 45.3 Å². The van der Waals surface area contributed by atoms with Gasteiger partial charge in [0.2, 0.25) is 17.0 Å². The Morgan fingerprint density at radius 2 is 0.986 bits per heavy atom. The maximum Gasteiger partial charge on any atom is 0.333 e. The average Bonchev–Trinajstić information content (AvgIpc) is 4.25. The summed E-state index contributed by atoms with van der Waals surface area (Å²) in [6.45, 7) is -0.337. The fourth-order valence-corrected chi connectivity index (χ4v) is 14.3. The molecule has 12 nitrogen and oxygen atoms in total. The fraction of sp³-hybridized carbons (Fsp3) is 0.0566. The predicted molar refractivity (Wildman–Crippen MR) is 264 cm³/mol. The summed E-state index contributed by atoms with van der Waals surface area (Å²) in [7, 11) is 0. The molecule has 0 radical (unpaired) electrons. The smallest absolute Gasteiger partial charge is 0.333 e. The lowest BCUT2D eigenvalue weighted by atomic mass is 9.79. The number of carbonyl (C=O) groups excluding carboxylic acids is 4. The van der Waals surface area contributed by atoms with Gasteiger partial charge in [-0.1, -0.05) is 109 Å². The van der Waals surface area contributed by atoms with Gasteiger partial charge in [0.05, 0.1) is 23.9 Å². The number of allylic oxidation sites excluding steroid dienone is 4. The number of fused-ring (bicyclic) bond motifs is 9. The van der Waals surface area contributed by atoms with E-state index >= 15 is 9.59 Å². The molecule has 0 spiro atoms. The van der Waals surface area contributed by atoms with Crippen LogP contribution in [0.4, 0.5) is 10.0 Å². The van der Waals surface area contributed by atoms with Gasteiger partial charge in [-0.25, -0.2) is 9.98 Å². The Balaban J connectivity index is 1.11. The SMILES string of the molecule is N#CC(C#N)=C1/C(=N/c2cc3c(s2)-c2sc4c(sc5cc(/N=C6/C(=O)c7ccccc7C6=C(C#N)C#N)sc54)c2C3(C(=O)OCc2ccccc2)C(=O)OCc2ccccc2)C(=O)c2ccccc21. The van der Waals surface area contributed by atoms with Crippen molar-refractivity contribution < 1.29 is 28.7 Å². The van der Waals surface area contributed by atoms with E-state index in [0.29, 0.717) is 52.8 Å². The van der Waals surface area contributed by atoms with E-state index in [4.69, 9.17) is 19.5 Å². The Kier molecular flexibility index (Phi) is 10.5. The number of ketones is 2. The van der Waals surface area contributed by atoms with Crippen molar-refractivity contribution in [2.45, 2.75) is 18.6 Å². The van der Waals surface area contributed by atoms with Crippen LogP contribution in [0.3, 0.4) is 0 Å². The zero-order chi connectivity index (χ0) is 47.6. The number of nitrogens with zero attached hydrogens (tertiary/aromatic N) is 6. The second-order valence-electron chi connectivity index (χ2n) is 15.7. The predicted octanol–water partition coefficient (Wildman–Crippen LogP) is 11.5. The molecule has 0 atom stereocenters. The lowest BCUT2D eigenvalue weighted by Crippen LogP contribution is -2.45. The number of hydrogen-bond acceptors (Lipinski definition) is 16. The van der Waals surface area contributed by atoms with Crippen LogP contribution in [-0.2, 0) is 37.7 Å². The lowest BCUT2D eigenvalue weighted by molar-refractivity contribution is -0.164. The molecule has 0 saturated heterocycles. The third kappa shape index (κ3) is 6.62. The van der Waals surface area contributed by atoms with Crippen molar-refractivity contribution in [3.8, 4) is 34.0 Å².